The maximum Gasteiger partial charge on any atom is 0.303 e. The number of fused-ring (bicyclic) bond motifs is 5. The number of hydrogen-bond acceptors (Lipinski definition) is 6. The van der Waals surface area contributed by atoms with Crippen LogP contribution in [0, 0.1) is 22.7 Å². The molecule has 6 atom stereocenters. The van der Waals surface area contributed by atoms with Crippen molar-refractivity contribution in [3.63, 3.8) is 0 Å². The van der Waals surface area contributed by atoms with Gasteiger partial charge >= 0.3 is 5.97 Å². The summed E-state index contributed by atoms with van der Waals surface area (Å²) in [6.45, 7) is 4.77. The number of esters is 1. The average molecular weight is 402 g/mol. The van der Waals surface area contributed by atoms with E-state index in [9.17, 15) is 24.6 Å². The van der Waals surface area contributed by atoms with Gasteiger partial charge in [-0.2, -0.15) is 0 Å². The maximum absolute atomic E-state index is 12.9. The molecule has 0 heterocycles. The van der Waals surface area contributed by atoms with Crippen molar-refractivity contribution in [1.82, 2.24) is 0 Å². The van der Waals surface area contributed by atoms with E-state index >= 15 is 0 Å². The average Bonchev–Trinajstić information content (AvgIpc) is 2.88. The number of aliphatic hydroxyl groups is 2. The van der Waals surface area contributed by atoms with Gasteiger partial charge in [0, 0.05) is 24.2 Å². The molecule has 2 saturated carbocycles. The van der Waals surface area contributed by atoms with Crippen LogP contribution in [0.3, 0.4) is 0 Å². The Morgan fingerprint density at radius 3 is 2.69 bits per heavy atom. The lowest BCUT2D eigenvalue weighted by Gasteiger charge is -2.54. The largest absolute Gasteiger partial charge is 0.458 e. The highest BCUT2D eigenvalue weighted by molar-refractivity contribution is 5.92. The van der Waals surface area contributed by atoms with Gasteiger partial charge in [0.1, 0.15) is 0 Å². The number of rotatable bonds is 3. The smallest absolute Gasteiger partial charge is 0.303 e. The fourth-order valence-electron chi connectivity index (χ4n) is 6.66. The second kappa shape index (κ2) is 6.61. The summed E-state index contributed by atoms with van der Waals surface area (Å²) in [4.78, 5) is 35.9. The summed E-state index contributed by atoms with van der Waals surface area (Å²) in [5.41, 5.74) is -0.409. The summed E-state index contributed by atoms with van der Waals surface area (Å²) in [5, 5.41) is 22.3. The molecule has 0 aromatic heterocycles. The van der Waals surface area contributed by atoms with Gasteiger partial charge in [-0.3, -0.25) is 14.4 Å². The van der Waals surface area contributed by atoms with Gasteiger partial charge in [0.2, 0.25) is 5.78 Å². The molecule has 2 N–H and O–H groups in total. The van der Waals surface area contributed by atoms with Crippen LogP contribution in [0.2, 0.25) is 0 Å². The van der Waals surface area contributed by atoms with E-state index in [-0.39, 0.29) is 23.0 Å². The Hall–Kier alpha value is -1.79. The molecular formula is C23H30O6. The van der Waals surface area contributed by atoms with Gasteiger partial charge in [0.25, 0.3) is 0 Å². The monoisotopic (exact) mass is 402 g/mol. The van der Waals surface area contributed by atoms with Gasteiger partial charge < -0.3 is 14.9 Å². The SMILES string of the molecule is CC(=O)OCC(=O)[C@@]1(O)[C@H](O)C[C@@H]2[C@@H]3CCC4=CC(=O)CC[C@@]4(C)C3=CC[C@@]21C. The molecule has 6 heteroatoms. The predicted octanol–water partition coefficient (Wildman–Crippen LogP) is 2.27. The van der Waals surface area contributed by atoms with Crippen LogP contribution in [0.4, 0.5) is 0 Å². The first-order chi connectivity index (χ1) is 13.5. The zero-order chi connectivity index (χ0) is 21.2. The fraction of sp³-hybridized carbons (Fsp3) is 0.696. The summed E-state index contributed by atoms with van der Waals surface area (Å²) in [7, 11) is 0. The molecule has 0 aliphatic heterocycles. The molecule has 0 radical (unpaired) electrons. The summed E-state index contributed by atoms with van der Waals surface area (Å²) in [5.74, 6) is -0.908. The Balaban J connectivity index is 1.70. The highest BCUT2D eigenvalue weighted by atomic mass is 16.5. The Bertz CT molecular complexity index is 840. The van der Waals surface area contributed by atoms with Crippen molar-refractivity contribution in [2.45, 2.75) is 71.0 Å². The van der Waals surface area contributed by atoms with E-state index in [2.05, 4.69) is 13.0 Å². The van der Waals surface area contributed by atoms with E-state index in [0.717, 1.165) is 19.3 Å². The molecule has 0 saturated heterocycles. The molecule has 0 unspecified atom stereocenters. The van der Waals surface area contributed by atoms with Crippen molar-refractivity contribution in [2.24, 2.45) is 22.7 Å². The number of Topliss-reactive ketones (excluding diaryl/α,β-unsaturated/α-hetero) is 1. The van der Waals surface area contributed by atoms with E-state index in [4.69, 9.17) is 4.74 Å². The highest BCUT2D eigenvalue weighted by Crippen LogP contribution is 2.65. The predicted molar refractivity (Wildman–Crippen MR) is 105 cm³/mol. The number of allylic oxidation sites excluding steroid dienone is 4. The molecular weight excluding hydrogens is 372 g/mol. The molecule has 0 aromatic rings. The third kappa shape index (κ3) is 2.72. The quantitative estimate of drug-likeness (QED) is 0.555. The van der Waals surface area contributed by atoms with Gasteiger partial charge in [-0.1, -0.05) is 31.1 Å². The van der Waals surface area contributed by atoms with Crippen molar-refractivity contribution < 1.29 is 29.3 Å². The molecule has 29 heavy (non-hydrogen) atoms. The summed E-state index contributed by atoms with van der Waals surface area (Å²) < 4.78 is 4.84. The second-order valence-electron chi connectivity index (χ2n) is 9.72. The van der Waals surface area contributed by atoms with Crippen LogP contribution in [0.1, 0.15) is 59.3 Å². The van der Waals surface area contributed by atoms with Crippen LogP contribution >= 0.6 is 0 Å². The Labute approximate surface area is 171 Å². The standard InChI is InChI=1S/C23H30O6/c1-13(24)29-12-20(27)23(28)19(26)11-18-16-5-4-14-10-15(25)6-8-21(14,2)17(16)7-9-22(18,23)3/h7,10,16,18-19,26,28H,4-6,8-9,11-12H2,1-3H3/t16-,18-,19-,21-,22+,23+/m1/s1. The lowest BCUT2D eigenvalue weighted by atomic mass is 9.50. The van der Waals surface area contributed by atoms with Gasteiger partial charge in [-0.15, -0.1) is 0 Å². The molecule has 0 bridgehead atoms. The minimum atomic E-state index is -1.94. The van der Waals surface area contributed by atoms with E-state index in [1.165, 1.54) is 18.1 Å². The topological polar surface area (TPSA) is 101 Å². The normalized spacial score (nSPS) is 43.5. The first-order valence-corrected chi connectivity index (χ1v) is 10.6. The molecule has 2 fully saturated rings. The molecule has 6 nitrogen and oxygen atoms in total. The van der Waals surface area contributed by atoms with Crippen molar-refractivity contribution in [3.8, 4) is 0 Å². The lowest BCUT2D eigenvalue weighted by molar-refractivity contribution is -0.174. The second-order valence-corrected chi connectivity index (χ2v) is 9.72. The first-order valence-electron chi connectivity index (χ1n) is 10.6. The van der Waals surface area contributed by atoms with Crippen LogP contribution in [-0.2, 0) is 19.1 Å². The lowest BCUT2D eigenvalue weighted by Crippen LogP contribution is -2.59. The van der Waals surface area contributed by atoms with Gasteiger partial charge in [0.05, 0.1) is 6.10 Å². The van der Waals surface area contributed by atoms with Crippen LogP contribution in [-0.4, -0.2) is 46.1 Å². The van der Waals surface area contributed by atoms with E-state index in [0.29, 0.717) is 19.3 Å². The third-order valence-electron chi connectivity index (χ3n) is 8.39. The zero-order valence-electron chi connectivity index (χ0n) is 17.4. The molecule has 0 aromatic carbocycles. The molecule has 0 spiro atoms. The highest BCUT2D eigenvalue weighted by Gasteiger charge is 2.68. The zero-order valence-corrected chi connectivity index (χ0v) is 17.4. The molecule has 158 valence electrons. The molecule has 0 amide bonds. The number of ketones is 2. The van der Waals surface area contributed by atoms with Crippen LogP contribution in [0.25, 0.3) is 0 Å². The van der Waals surface area contributed by atoms with E-state index in [1.54, 1.807) is 0 Å². The van der Waals surface area contributed by atoms with Crippen LogP contribution < -0.4 is 0 Å². The minimum Gasteiger partial charge on any atom is -0.458 e. The Morgan fingerprint density at radius 1 is 1.28 bits per heavy atom. The Kier molecular flexibility index (Phi) is 4.67. The molecule has 4 aliphatic rings. The number of ether oxygens (including phenoxy) is 1. The summed E-state index contributed by atoms with van der Waals surface area (Å²) >= 11 is 0. The number of carbonyl (C=O) groups is 3. The van der Waals surface area contributed by atoms with E-state index < -0.39 is 35.5 Å². The minimum absolute atomic E-state index is 0.0419. The third-order valence-corrected chi connectivity index (χ3v) is 8.39. The first kappa shape index (κ1) is 20.5. The number of hydrogen-bond donors (Lipinski definition) is 2. The van der Waals surface area contributed by atoms with E-state index in [1.807, 2.05) is 13.0 Å². The van der Waals surface area contributed by atoms with Crippen molar-refractivity contribution in [2.75, 3.05) is 6.61 Å². The van der Waals surface area contributed by atoms with Crippen molar-refractivity contribution in [1.29, 1.82) is 0 Å². The van der Waals surface area contributed by atoms with Gasteiger partial charge in [-0.25, -0.2) is 0 Å². The summed E-state index contributed by atoms with van der Waals surface area (Å²) in [6, 6.07) is 0. The fourth-order valence-corrected chi connectivity index (χ4v) is 6.66. The number of aliphatic hydroxyl groups excluding tert-OH is 1. The molecule has 4 aliphatic carbocycles. The maximum atomic E-state index is 12.9. The van der Waals surface area contributed by atoms with Gasteiger partial charge in [-0.05, 0) is 50.0 Å². The Morgan fingerprint density at radius 2 is 2.00 bits per heavy atom. The van der Waals surface area contributed by atoms with Gasteiger partial charge in [0.15, 0.2) is 18.0 Å². The van der Waals surface area contributed by atoms with Crippen molar-refractivity contribution >= 4 is 17.5 Å². The van der Waals surface area contributed by atoms with Crippen LogP contribution in [0.5, 0.6) is 0 Å². The summed E-state index contributed by atoms with van der Waals surface area (Å²) in [6.07, 6.45) is 6.60. The van der Waals surface area contributed by atoms with Crippen molar-refractivity contribution in [3.05, 3.63) is 23.3 Å². The van der Waals surface area contributed by atoms with Crippen LogP contribution in [0.15, 0.2) is 23.3 Å². The number of carbonyl (C=O) groups excluding carboxylic acids is 3. The molecule has 4 rings (SSSR count).